The number of carbonyl (C=O) groups is 9. The molecular weight excluding hydrogens is 1190 g/mol. The summed E-state index contributed by atoms with van der Waals surface area (Å²) in [5.74, 6) is -5.80. The highest BCUT2D eigenvalue weighted by Gasteiger charge is 2.34. The van der Waals surface area contributed by atoms with Crippen molar-refractivity contribution in [2.75, 3.05) is 46.8 Å². The Balaban J connectivity index is 1.71. The summed E-state index contributed by atoms with van der Waals surface area (Å²) in [4.78, 5) is 127. The molecule has 0 bridgehead atoms. The van der Waals surface area contributed by atoms with E-state index >= 15 is 0 Å². The van der Waals surface area contributed by atoms with Crippen molar-refractivity contribution in [1.82, 2.24) is 62.2 Å². The lowest BCUT2D eigenvalue weighted by Gasteiger charge is -2.28. The van der Waals surface area contributed by atoms with Crippen LogP contribution in [0.4, 0.5) is 0 Å². The van der Waals surface area contributed by atoms with Crippen LogP contribution in [0, 0.1) is 17.4 Å². The molecule has 0 spiro atoms. The van der Waals surface area contributed by atoms with E-state index < -0.39 is 95.5 Å². The maximum atomic E-state index is 14.4. The Labute approximate surface area is 538 Å². The number of nitrogens with two attached hydrogens (primary N) is 7. The highest BCUT2D eigenvalue weighted by atomic mass is 16.5. The van der Waals surface area contributed by atoms with Crippen LogP contribution < -0.4 is 82.1 Å². The SMILES string of the molecule is CC(C)[C@H](NC(=O)[C@H](CCCCN)NC(=O)[C@H](CCCN=C(N)N)NC(=O)[C@H](CCCCN)NC(=O)[C@H](CCCCN)NC(=O)[C@H](CCCCN)NC(=O)CCCn1cc(COc2ccc(C(=O)N[C@@H](Cc3ccccc3)C(=O)N(C)N(C)C#N)cc2)nn1)C(N)=O. The second-order valence-electron chi connectivity index (χ2n) is 22.7. The molecule has 7 atom stereocenters. The fraction of sp³-hybridized carbons (Fsp3) is 0.590. The Bertz CT molecular complexity index is 2850. The summed E-state index contributed by atoms with van der Waals surface area (Å²) in [6, 6.07) is 7.54. The van der Waals surface area contributed by atoms with E-state index in [-0.39, 0.29) is 95.0 Å². The van der Waals surface area contributed by atoms with Gasteiger partial charge in [0, 0.05) is 45.6 Å². The zero-order valence-electron chi connectivity index (χ0n) is 53.6. The van der Waals surface area contributed by atoms with Gasteiger partial charge in [0.1, 0.15) is 60.3 Å². The lowest BCUT2D eigenvalue weighted by atomic mass is 10.0. The number of likely N-dealkylation sites (N-methyl/N-ethyl adjacent to an activating group) is 1. The summed E-state index contributed by atoms with van der Waals surface area (Å²) in [5, 5.41) is 39.2. The number of hydrogen-bond donors (Lipinski definition) is 14. The highest BCUT2D eigenvalue weighted by Crippen LogP contribution is 2.17. The second kappa shape index (κ2) is 42.9. The largest absolute Gasteiger partial charge is 0.487 e. The molecule has 2 aromatic carbocycles. The van der Waals surface area contributed by atoms with Crippen LogP contribution in [0.5, 0.6) is 5.75 Å². The van der Waals surface area contributed by atoms with Gasteiger partial charge in [0.2, 0.25) is 41.4 Å². The third-order valence-corrected chi connectivity index (χ3v) is 14.9. The van der Waals surface area contributed by atoms with Crippen molar-refractivity contribution in [3.63, 3.8) is 0 Å². The minimum atomic E-state index is -1.28. The fourth-order valence-electron chi connectivity index (χ4n) is 9.50. The second-order valence-corrected chi connectivity index (χ2v) is 22.7. The topological polar surface area (TPSA) is 503 Å². The van der Waals surface area contributed by atoms with Gasteiger partial charge < -0.3 is 82.1 Å². The van der Waals surface area contributed by atoms with Gasteiger partial charge in [-0.3, -0.25) is 52.8 Å². The van der Waals surface area contributed by atoms with Crippen molar-refractivity contribution in [3.8, 4) is 11.9 Å². The molecule has 1 aromatic heterocycles. The van der Waals surface area contributed by atoms with Crippen molar-refractivity contribution < 1.29 is 47.9 Å². The number of hydrogen-bond acceptors (Lipinski definition) is 19. The first-order chi connectivity index (χ1) is 44.0. The molecule has 0 aliphatic heterocycles. The van der Waals surface area contributed by atoms with Crippen LogP contribution in [0.15, 0.2) is 65.8 Å². The number of carbonyl (C=O) groups excluding carboxylic acids is 9. The van der Waals surface area contributed by atoms with Crippen molar-refractivity contribution in [1.29, 1.82) is 5.26 Å². The van der Waals surface area contributed by atoms with E-state index in [1.165, 1.54) is 14.1 Å². The molecule has 31 nitrogen and oxygen atoms in total. The van der Waals surface area contributed by atoms with Crippen LogP contribution in [0.25, 0.3) is 0 Å². The molecular formula is C61H99N21O10. The maximum Gasteiger partial charge on any atom is 0.264 e. The molecule has 0 saturated carbocycles. The smallest absolute Gasteiger partial charge is 0.264 e. The lowest BCUT2D eigenvalue weighted by molar-refractivity contribution is -0.141. The minimum Gasteiger partial charge on any atom is -0.487 e. The van der Waals surface area contributed by atoms with E-state index in [4.69, 9.17) is 44.9 Å². The number of guanidine groups is 1. The first-order valence-corrected chi connectivity index (χ1v) is 31.4. The van der Waals surface area contributed by atoms with E-state index in [1.807, 2.05) is 36.5 Å². The van der Waals surface area contributed by atoms with Gasteiger partial charge in [-0.1, -0.05) is 49.4 Å². The third kappa shape index (κ3) is 28.9. The van der Waals surface area contributed by atoms with Gasteiger partial charge in [0.15, 0.2) is 12.2 Å². The predicted molar refractivity (Wildman–Crippen MR) is 345 cm³/mol. The number of nitrogens with zero attached hydrogens (tertiary/aromatic N) is 7. The molecule has 3 aromatic rings. The van der Waals surface area contributed by atoms with Crippen LogP contribution >= 0.6 is 0 Å². The first kappa shape index (κ1) is 77.3. The van der Waals surface area contributed by atoms with E-state index in [0.29, 0.717) is 88.9 Å². The number of unbranched alkanes of at least 4 members (excludes halogenated alkanes) is 4. The van der Waals surface area contributed by atoms with Crippen molar-refractivity contribution in [2.45, 2.75) is 178 Å². The molecule has 0 aliphatic rings. The van der Waals surface area contributed by atoms with Gasteiger partial charge in [-0.05, 0) is 158 Å². The number of rotatable bonds is 46. The number of amides is 9. The molecule has 0 aliphatic carbocycles. The van der Waals surface area contributed by atoms with Crippen LogP contribution in [0.2, 0.25) is 0 Å². The molecule has 1 heterocycles. The third-order valence-electron chi connectivity index (χ3n) is 14.9. The molecule has 508 valence electrons. The number of primary amides is 1. The number of ether oxygens (including phenoxy) is 1. The zero-order chi connectivity index (χ0) is 68.0. The molecule has 0 unspecified atom stereocenters. The number of benzene rings is 2. The molecule has 9 amide bonds. The predicted octanol–water partition coefficient (Wildman–Crippen LogP) is -1.62. The average molecular weight is 1290 g/mol. The number of hydrazine groups is 1. The number of nitriles is 1. The average Bonchev–Trinajstić information content (AvgIpc) is 3.37. The van der Waals surface area contributed by atoms with Crippen molar-refractivity contribution in [3.05, 3.63) is 77.6 Å². The summed E-state index contributed by atoms with van der Waals surface area (Å²) in [6.45, 7) is 5.03. The summed E-state index contributed by atoms with van der Waals surface area (Å²) in [6.07, 6.45) is 8.52. The quantitative estimate of drug-likeness (QED) is 0.00755. The highest BCUT2D eigenvalue weighted by molar-refractivity contribution is 5.98. The molecule has 0 saturated heterocycles. The first-order valence-electron chi connectivity index (χ1n) is 31.4. The molecule has 0 radical (unpaired) electrons. The maximum absolute atomic E-state index is 14.4. The zero-order valence-corrected chi connectivity index (χ0v) is 53.6. The van der Waals surface area contributed by atoms with E-state index in [2.05, 4.69) is 52.5 Å². The standard InChI is InChI=1S/C61H99N21O10/c1-40(2)52(53(67)84)77-59(90)48(23-11-15-33-65)74-58(89)49(24-16-34-70-61(68)69)75-57(88)47(22-10-14-32-64)73-56(87)46(21-9-13-31-63)72-55(86)45(20-8-12-30-62)71-51(83)25-17-35-82-37-43(78-79-82)38-92-44-28-26-42(27-29-44)54(85)76-50(36-41-18-6-5-7-19-41)60(91)81(4)80(3)39-66/h5-7,18-19,26-29,37,40,45-50,52H,8-17,20-25,30-36,38,62-65H2,1-4H3,(H2,67,84)(H,71,83)(H,72,86)(H,73,87)(H,74,89)(H,75,88)(H,76,85)(H,77,90)(H4,68,69,70)/t45-,46-,47-,48-,49-,50-,52-/m0/s1. The Morgan fingerprint density at radius 2 is 1.07 bits per heavy atom. The molecule has 0 fully saturated rings. The summed E-state index contributed by atoms with van der Waals surface area (Å²) in [5.41, 5.74) is 41.4. The monoisotopic (exact) mass is 1290 g/mol. The van der Waals surface area contributed by atoms with E-state index in [0.717, 1.165) is 15.6 Å². The Hall–Kier alpha value is -8.99. The summed E-state index contributed by atoms with van der Waals surface area (Å²) in [7, 11) is 2.88. The Morgan fingerprint density at radius 3 is 1.51 bits per heavy atom. The molecule has 21 N–H and O–H groups in total. The molecule has 3 rings (SSSR count). The van der Waals surface area contributed by atoms with Gasteiger partial charge in [-0.2, -0.15) is 5.26 Å². The number of nitrogens with one attached hydrogen (secondary N) is 7. The van der Waals surface area contributed by atoms with Crippen LogP contribution in [0.3, 0.4) is 0 Å². The van der Waals surface area contributed by atoms with Crippen LogP contribution in [-0.2, 0) is 57.9 Å². The van der Waals surface area contributed by atoms with E-state index in [9.17, 15) is 48.4 Å². The fourth-order valence-corrected chi connectivity index (χ4v) is 9.50. The van der Waals surface area contributed by atoms with Gasteiger partial charge in [0.25, 0.3) is 11.8 Å². The molecule has 31 heteroatoms. The number of aryl methyl sites for hydroxylation is 1. The number of aromatic nitrogens is 3. The van der Waals surface area contributed by atoms with Gasteiger partial charge in [0.05, 0.1) is 6.20 Å². The molecule has 92 heavy (non-hydrogen) atoms. The normalized spacial score (nSPS) is 13.3. The van der Waals surface area contributed by atoms with Crippen molar-refractivity contribution in [2.24, 2.45) is 51.0 Å². The Morgan fingerprint density at radius 1 is 0.598 bits per heavy atom. The Kier molecular flexibility index (Phi) is 36.0. The lowest BCUT2D eigenvalue weighted by Crippen LogP contribution is -2.60. The summed E-state index contributed by atoms with van der Waals surface area (Å²) >= 11 is 0. The summed E-state index contributed by atoms with van der Waals surface area (Å²) < 4.78 is 7.46. The minimum absolute atomic E-state index is 0.00484. The number of aliphatic imine (C=N–C) groups is 1. The van der Waals surface area contributed by atoms with Gasteiger partial charge in [-0.25, -0.2) is 10.0 Å². The van der Waals surface area contributed by atoms with Crippen molar-refractivity contribution >= 4 is 59.1 Å². The van der Waals surface area contributed by atoms with Gasteiger partial charge >= 0.3 is 0 Å². The van der Waals surface area contributed by atoms with E-state index in [1.54, 1.807) is 49.0 Å². The van der Waals surface area contributed by atoms with Crippen LogP contribution in [-0.4, -0.2) is 173 Å². The van der Waals surface area contributed by atoms with Gasteiger partial charge in [-0.15, -0.1) is 5.10 Å². The van der Waals surface area contributed by atoms with Crippen LogP contribution in [0.1, 0.15) is 138 Å².